The lowest BCUT2D eigenvalue weighted by atomic mass is 10.2. The maximum Gasteiger partial charge on any atom is 0.222 e. The molecule has 1 amide bonds. The van der Waals surface area contributed by atoms with Crippen molar-refractivity contribution < 1.29 is 22.4 Å². The average molecular weight is 287 g/mol. The highest BCUT2D eigenvalue weighted by molar-refractivity contribution is 5.87. The molecule has 8 heteroatoms. The summed E-state index contributed by atoms with van der Waals surface area (Å²) in [6.45, 7) is 0.756. The van der Waals surface area contributed by atoms with Crippen LogP contribution in [0.4, 0.5) is 23.4 Å². The summed E-state index contributed by atoms with van der Waals surface area (Å²) >= 11 is 0. The van der Waals surface area contributed by atoms with Gasteiger partial charge in [-0.3, -0.25) is 9.48 Å². The minimum absolute atomic E-state index is 0.139. The molecule has 1 aromatic heterocycles. The molecule has 0 fully saturated rings. The van der Waals surface area contributed by atoms with Gasteiger partial charge in [-0.2, -0.15) is 5.10 Å². The molecule has 0 saturated heterocycles. The van der Waals surface area contributed by atoms with E-state index in [2.05, 4.69) is 10.4 Å². The van der Waals surface area contributed by atoms with Crippen LogP contribution in [0, 0.1) is 23.3 Å². The van der Waals surface area contributed by atoms with Gasteiger partial charge >= 0.3 is 0 Å². The first kappa shape index (κ1) is 14.0. The van der Waals surface area contributed by atoms with E-state index in [0.29, 0.717) is 0 Å². The Kier molecular flexibility index (Phi) is 3.73. The van der Waals surface area contributed by atoms with Gasteiger partial charge in [-0.1, -0.05) is 0 Å². The Morgan fingerprint density at radius 2 is 1.85 bits per heavy atom. The van der Waals surface area contributed by atoms with Gasteiger partial charge in [-0.05, 0) is 0 Å². The standard InChI is InChI=1S/C12H9F4N3O/c1-6(20)17-10-2-3-19(18-10)5-7-11(15)8(13)4-9(14)12(7)16/h2-4H,5H2,1H3,(H,17,18,20). The van der Waals surface area contributed by atoms with Gasteiger partial charge < -0.3 is 5.32 Å². The molecule has 0 radical (unpaired) electrons. The predicted octanol–water partition coefficient (Wildman–Crippen LogP) is 2.45. The summed E-state index contributed by atoms with van der Waals surface area (Å²) in [5.41, 5.74) is -0.778. The van der Waals surface area contributed by atoms with Gasteiger partial charge in [0.1, 0.15) is 0 Å². The van der Waals surface area contributed by atoms with Crippen molar-refractivity contribution in [2.75, 3.05) is 5.32 Å². The number of nitrogens with zero attached hydrogens (tertiary/aromatic N) is 2. The van der Waals surface area contributed by atoms with E-state index in [1.165, 1.54) is 19.2 Å². The summed E-state index contributed by atoms with van der Waals surface area (Å²) in [5, 5.41) is 6.15. The van der Waals surface area contributed by atoms with Crippen LogP contribution in [0.25, 0.3) is 0 Å². The smallest absolute Gasteiger partial charge is 0.222 e. The van der Waals surface area contributed by atoms with Gasteiger partial charge in [0.2, 0.25) is 5.91 Å². The van der Waals surface area contributed by atoms with Crippen molar-refractivity contribution in [1.29, 1.82) is 0 Å². The summed E-state index contributed by atoms with van der Waals surface area (Å²) in [4.78, 5) is 10.8. The number of amides is 1. The van der Waals surface area contributed by atoms with Crippen molar-refractivity contribution in [2.45, 2.75) is 13.5 Å². The fourth-order valence-electron chi connectivity index (χ4n) is 1.62. The Bertz CT molecular complexity index is 643. The minimum Gasteiger partial charge on any atom is -0.309 e. The van der Waals surface area contributed by atoms with E-state index in [4.69, 9.17) is 0 Å². The van der Waals surface area contributed by atoms with Crippen molar-refractivity contribution in [2.24, 2.45) is 0 Å². The lowest BCUT2D eigenvalue weighted by Crippen LogP contribution is -2.10. The van der Waals surface area contributed by atoms with Crippen LogP contribution in [0.2, 0.25) is 0 Å². The lowest BCUT2D eigenvalue weighted by Gasteiger charge is -2.07. The molecule has 2 rings (SSSR count). The van der Waals surface area contributed by atoms with E-state index in [1.807, 2.05) is 0 Å². The maximum atomic E-state index is 13.5. The normalized spacial score (nSPS) is 10.7. The number of aromatic nitrogens is 2. The first-order chi connectivity index (χ1) is 9.38. The molecule has 0 aliphatic rings. The first-order valence-corrected chi connectivity index (χ1v) is 5.51. The number of nitrogens with one attached hydrogen (secondary N) is 1. The molecule has 0 unspecified atom stereocenters. The van der Waals surface area contributed by atoms with E-state index in [0.717, 1.165) is 4.68 Å². The average Bonchev–Trinajstić information content (AvgIpc) is 2.79. The summed E-state index contributed by atoms with van der Waals surface area (Å²) in [5.74, 6) is -6.11. The number of hydrogen-bond donors (Lipinski definition) is 1. The Hall–Kier alpha value is -2.38. The second kappa shape index (κ2) is 5.32. The summed E-state index contributed by atoms with van der Waals surface area (Å²) in [6, 6.07) is 1.52. The molecular formula is C12H9F4N3O. The van der Waals surface area contributed by atoms with Crippen LogP contribution in [0.15, 0.2) is 18.3 Å². The molecule has 1 N–H and O–H groups in total. The van der Waals surface area contributed by atoms with Crippen LogP contribution in [0.5, 0.6) is 0 Å². The van der Waals surface area contributed by atoms with Crippen LogP contribution in [0.1, 0.15) is 12.5 Å². The highest BCUT2D eigenvalue weighted by atomic mass is 19.2. The number of rotatable bonds is 3. The van der Waals surface area contributed by atoms with Crippen LogP contribution in [0.3, 0.4) is 0 Å². The van der Waals surface area contributed by atoms with Crippen LogP contribution < -0.4 is 5.32 Å². The molecule has 2 aromatic rings. The van der Waals surface area contributed by atoms with Gasteiger partial charge in [0.05, 0.1) is 12.1 Å². The van der Waals surface area contributed by atoms with E-state index < -0.39 is 35.4 Å². The predicted molar refractivity (Wildman–Crippen MR) is 61.9 cm³/mol. The van der Waals surface area contributed by atoms with Crippen molar-refractivity contribution in [3.63, 3.8) is 0 Å². The zero-order valence-corrected chi connectivity index (χ0v) is 10.3. The number of anilines is 1. The monoisotopic (exact) mass is 287 g/mol. The molecule has 0 saturated carbocycles. The topological polar surface area (TPSA) is 46.9 Å². The molecule has 1 aromatic carbocycles. The second-order valence-electron chi connectivity index (χ2n) is 4.03. The Morgan fingerprint density at radius 3 is 2.40 bits per heavy atom. The maximum absolute atomic E-state index is 13.5. The van der Waals surface area contributed by atoms with Crippen LogP contribution in [-0.4, -0.2) is 15.7 Å². The highest BCUT2D eigenvalue weighted by Crippen LogP contribution is 2.20. The fourth-order valence-corrected chi connectivity index (χ4v) is 1.62. The first-order valence-electron chi connectivity index (χ1n) is 5.51. The second-order valence-corrected chi connectivity index (χ2v) is 4.03. The molecule has 0 spiro atoms. The molecule has 0 bridgehead atoms. The Morgan fingerprint density at radius 1 is 1.25 bits per heavy atom. The number of carbonyl (C=O) groups excluding carboxylic acids is 1. The van der Waals surface area contributed by atoms with Gasteiger partial charge in [-0.25, -0.2) is 17.6 Å². The van der Waals surface area contributed by atoms with Crippen LogP contribution >= 0.6 is 0 Å². The molecule has 106 valence electrons. The van der Waals surface area contributed by atoms with Crippen molar-refractivity contribution in [1.82, 2.24) is 9.78 Å². The molecule has 1 heterocycles. The summed E-state index contributed by atoms with van der Waals surface area (Å²) in [7, 11) is 0. The van der Waals surface area contributed by atoms with E-state index >= 15 is 0 Å². The van der Waals surface area contributed by atoms with Gasteiger partial charge in [-0.15, -0.1) is 0 Å². The Balaban J connectivity index is 2.30. The largest absolute Gasteiger partial charge is 0.309 e. The van der Waals surface area contributed by atoms with Crippen molar-refractivity contribution in [3.8, 4) is 0 Å². The summed E-state index contributed by atoms with van der Waals surface area (Å²) in [6.07, 6.45) is 1.31. The number of halogens is 4. The van der Waals surface area contributed by atoms with E-state index in [9.17, 15) is 22.4 Å². The third-order valence-electron chi connectivity index (χ3n) is 2.47. The van der Waals surface area contributed by atoms with Gasteiger partial charge in [0, 0.05) is 25.3 Å². The zero-order chi connectivity index (χ0) is 14.9. The molecule has 4 nitrogen and oxygen atoms in total. The van der Waals surface area contributed by atoms with E-state index in [-0.39, 0.29) is 17.8 Å². The van der Waals surface area contributed by atoms with E-state index in [1.54, 1.807) is 0 Å². The fraction of sp³-hybridized carbons (Fsp3) is 0.167. The molecular weight excluding hydrogens is 278 g/mol. The molecule has 0 atom stereocenters. The summed E-state index contributed by atoms with van der Waals surface area (Å²) < 4.78 is 54.0. The highest BCUT2D eigenvalue weighted by Gasteiger charge is 2.19. The third-order valence-corrected chi connectivity index (χ3v) is 2.47. The third kappa shape index (κ3) is 2.79. The molecule has 0 aliphatic carbocycles. The van der Waals surface area contributed by atoms with Crippen molar-refractivity contribution >= 4 is 11.7 Å². The number of hydrogen-bond acceptors (Lipinski definition) is 2. The zero-order valence-electron chi connectivity index (χ0n) is 10.3. The SMILES string of the molecule is CC(=O)Nc1ccn(Cc2c(F)c(F)cc(F)c2F)n1. The number of benzene rings is 1. The number of carbonyl (C=O) groups is 1. The van der Waals surface area contributed by atoms with Crippen molar-refractivity contribution in [3.05, 3.63) is 47.2 Å². The minimum atomic E-state index is -1.48. The molecule has 20 heavy (non-hydrogen) atoms. The van der Waals surface area contributed by atoms with Gasteiger partial charge in [0.25, 0.3) is 0 Å². The Labute approximate surface area is 111 Å². The van der Waals surface area contributed by atoms with Crippen LogP contribution in [-0.2, 0) is 11.3 Å². The quantitative estimate of drug-likeness (QED) is 0.696. The lowest BCUT2D eigenvalue weighted by molar-refractivity contribution is -0.114. The molecule has 0 aliphatic heterocycles. The van der Waals surface area contributed by atoms with Gasteiger partial charge in [0.15, 0.2) is 29.1 Å².